The summed E-state index contributed by atoms with van der Waals surface area (Å²) in [6.45, 7) is 4.11. The van der Waals surface area contributed by atoms with E-state index in [0.29, 0.717) is 24.3 Å². The number of carbonyl (C=O) groups excluding carboxylic acids is 2. The Morgan fingerprint density at radius 2 is 1.95 bits per heavy atom. The minimum Gasteiger partial charge on any atom is -0.496 e. The smallest absolute Gasteiger partial charge is 0.255 e. The molecule has 1 unspecified atom stereocenters. The summed E-state index contributed by atoms with van der Waals surface area (Å²) in [5.74, 6) is -0.212. The molecule has 0 saturated heterocycles. The van der Waals surface area contributed by atoms with Gasteiger partial charge in [-0.25, -0.2) is 0 Å². The van der Waals surface area contributed by atoms with Crippen LogP contribution in [0.4, 0.5) is 0 Å². The summed E-state index contributed by atoms with van der Waals surface area (Å²) < 4.78 is 5.16. The summed E-state index contributed by atoms with van der Waals surface area (Å²) in [6, 6.07) is 6.21. The number of aliphatic hydroxyl groups is 1. The third-order valence-electron chi connectivity index (χ3n) is 3.22. The first-order valence-electron chi connectivity index (χ1n) is 7.33. The van der Waals surface area contributed by atoms with Gasteiger partial charge < -0.3 is 20.5 Å². The number of benzene rings is 1. The molecule has 0 fully saturated rings. The van der Waals surface area contributed by atoms with Crippen LogP contribution in [0.2, 0.25) is 0 Å². The number of para-hydroxylation sites is 1. The van der Waals surface area contributed by atoms with Gasteiger partial charge in [-0.15, -0.1) is 0 Å². The molecule has 1 aromatic carbocycles. The Hall–Kier alpha value is -2.08. The van der Waals surface area contributed by atoms with E-state index in [-0.39, 0.29) is 24.3 Å². The zero-order valence-electron chi connectivity index (χ0n) is 13.3. The number of carbonyl (C=O) groups is 2. The van der Waals surface area contributed by atoms with Gasteiger partial charge in [-0.3, -0.25) is 9.59 Å². The maximum atomic E-state index is 12.4. The molecule has 122 valence electrons. The Morgan fingerprint density at radius 1 is 1.27 bits per heavy atom. The van der Waals surface area contributed by atoms with E-state index in [1.54, 1.807) is 24.3 Å². The number of hydrogen-bond donors (Lipinski definition) is 3. The SMILES string of the molecule is COc1ccccc1C(=O)NC(C(=O)NCCCO)C(C)C. The van der Waals surface area contributed by atoms with Crippen molar-refractivity contribution < 1.29 is 19.4 Å². The molecule has 22 heavy (non-hydrogen) atoms. The van der Waals surface area contributed by atoms with E-state index in [4.69, 9.17) is 9.84 Å². The van der Waals surface area contributed by atoms with Crippen LogP contribution in [0.5, 0.6) is 5.75 Å². The molecular weight excluding hydrogens is 284 g/mol. The second-order valence-electron chi connectivity index (χ2n) is 5.26. The Balaban J connectivity index is 2.78. The van der Waals surface area contributed by atoms with Crippen LogP contribution in [0.1, 0.15) is 30.6 Å². The normalized spacial score (nSPS) is 11.9. The lowest BCUT2D eigenvalue weighted by molar-refractivity contribution is -0.123. The highest BCUT2D eigenvalue weighted by Gasteiger charge is 2.25. The van der Waals surface area contributed by atoms with Crippen LogP contribution in [0.3, 0.4) is 0 Å². The lowest BCUT2D eigenvalue weighted by Gasteiger charge is -2.22. The fourth-order valence-electron chi connectivity index (χ4n) is 1.99. The highest BCUT2D eigenvalue weighted by molar-refractivity contribution is 5.99. The van der Waals surface area contributed by atoms with Crippen molar-refractivity contribution in [3.63, 3.8) is 0 Å². The van der Waals surface area contributed by atoms with Crippen molar-refractivity contribution in [2.45, 2.75) is 26.3 Å². The summed E-state index contributed by atoms with van der Waals surface area (Å²) in [4.78, 5) is 24.5. The number of nitrogens with one attached hydrogen (secondary N) is 2. The molecule has 0 saturated carbocycles. The highest BCUT2D eigenvalue weighted by atomic mass is 16.5. The lowest BCUT2D eigenvalue weighted by Crippen LogP contribution is -2.50. The van der Waals surface area contributed by atoms with Gasteiger partial charge in [0.15, 0.2) is 0 Å². The van der Waals surface area contributed by atoms with Gasteiger partial charge in [-0.05, 0) is 24.5 Å². The van der Waals surface area contributed by atoms with Crippen LogP contribution < -0.4 is 15.4 Å². The van der Waals surface area contributed by atoms with Crippen molar-refractivity contribution in [2.24, 2.45) is 5.92 Å². The summed E-state index contributed by atoms with van der Waals surface area (Å²) in [6.07, 6.45) is 0.483. The number of rotatable bonds is 8. The highest BCUT2D eigenvalue weighted by Crippen LogP contribution is 2.17. The predicted octanol–water partition coefficient (Wildman–Crippen LogP) is 0.948. The lowest BCUT2D eigenvalue weighted by atomic mass is 10.0. The molecule has 6 nitrogen and oxygen atoms in total. The fourth-order valence-corrected chi connectivity index (χ4v) is 1.99. The Kier molecular flexibility index (Phi) is 7.39. The molecule has 1 rings (SSSR count). The van der Waals surface area contributed by atoms with Gasteiger partial charge >= 0.3 is 0 Å². The summed E-state index contributed by atoms with van der Waals surface area (Å²) >= 11 is 0. The second-order valence-corrected chi connectivity index (χ2v) is 5.26. The van der Waals surface area contributed by atoms with E-state index in [1.165, 1.54) is 7.11 Å². The first-order chi connectivity index (χ1) is 10.5. The third-order valence-corrected chi connectivity index (χ3v) is 3.22. The van der Waals surface area contributed by atoms with E-state index < -0.39 is 6.04 Å². The van der Waals surface area contributed by atoms with Gasteiger partial charge in [0.25, 0.3) is 5.91 Å². The second kappa shape index (κ2) is 9.04. The van der Waals surface area contributed by atoms with Crippen LogP contribution in [0.15, 0.2) is 24.3 Å². The number of ether oxygens (including phenoxy) is 1. The first kappa shape index (κ1) is 18.0. The molecule has 2 amide bonds. The van der Waals surface area contributed by atoms with E-state index in [0.717, 1.165) is 0 Å². The summed E-state index contributed by atoms with van der Waals surface area (Å²) in [7, 11) is 1.49. The van der Waals surface area contributed by atoms with Crippen LogP contribution >= 0.6 is 0 Å². The van der Waals surface area contributed by atoms with Crippen LogP contribution in [-0.2, 0) is 4.79 Å². The molecule has 3 N–H and O–H groups in total. The first-order valence-corrected chi connectivity index (χ1v) is 7.33. The number of hydrogen-bond acceptors (Lipinski definition) is 4. The minimum atomic E-state index is -0.642. The van der Waals surface area contributed by atoms with Crippen molar-refractivity contribution >= 4 is 11.8 Å². The van der Waals surface area contributed by atoms with Crippen LogP contribution in [0.25, 0.3) is 0 Å². The molecule has 0 heterocycles. The maximum Gasteiger partial charge on any atom is 0.255 e. The quantitative estimate of drug-likeness (QED) is 0.624. The fraction of sp³-hybridized carbons (Fsp3) is 0.500. The average molecular weight is 308 g/mol. The van der Waals surface area contributed by atoms with E-state index >= 15 is 0 Å². The molecule has 0 radical (unpaired) electrons. The molecule has 1 atom stereocenters. The Bertz CT molecular complexity index is 503. The van der Waals surface area contributed by atoms with E-state index in [9.17, 15) is 9.59 Å². The van der Waals surface area contributed by atoms with E-state index in [1.807, 2.05) is 13.8 Å². The van der Waals surface area contributed by atoms with Crippen molar-refractivity contribution in [3.8, 4) is 5.75 Å². The monoisotopic (exact) mass is 308 g/mol. The number of amides is 2. The number of aliphatic hydroxyl groups excluding tert-OH is 1. The van der Waals surface area contributed by atoms with Crippen molar-refractivity contribution in [1.82, 2.24) is 10.6 Å². The summed E-state index contributed by atoms with van der Waals surface area (Å²) in [5, 5.41) is 14.2. The van der Waals surface area contributed by atoms with Gasteiger partial charge in [0.05, 0.1) is 12.7 Å². The maximum absolute atomic E-state index is 12.4. The molecule has 0 aromatic heterocycles. The largest absolute Gasteiger partial charge is 0.496 e. The van der Waals surface area contributed by atoms with Crippen LogP contribution in [-0.4, -0.2) is 43.2 Å². The van der Waals surface area contributed by atoms with Crippen molar-refractivity contribution in [2.75, 3.05) is 20.3 Å². The third kappa shape index (κ3) is 5.04. The number of methoxy groups -OCH3 is 1. The molecule has 6 heteroatoms. The van der Waals surface area contributed by atoms with Crippen LogP contribution in [0, 0.1) is 5.92 Å². The molecule has 0 spiro atoms. The van der Waals surface area contributed by atoms with Gasteiger partial charge in [-0.1, -0.05) is 26.0 Å². The van der Waals surface area contributed by atoms with Gasteiger partial charge in [0, 0.05) is 13.2 Å². The molecular formula is C16H24N2O4. The topological polar surface area (TPSA) is 87.7 Å². The molecule has 0 bridgehead atoms. The van der Waals surface area contributed by atoms with Gasteiger partial charge in [0.2, 0.25) is 5.91 Å². The summed E-state index contributed by atoms with van der Waals surface area (Å²) in [5.41, 5.74) is 0.388. The zero-order chi connectivity index (χ0) is 16.5. The standard InChI is InChI=1S/C16H24N2O4/c1-11(2)14(16(21)17-9-6-10-19)18-15(20)12-7-4-5-8-13(12)22-3/h4-5,7-8,11,14,19H,6,9-10H2,1-3H3,(H,17,21)(H,18,20). The molecule has 0 aliphatic heterocycles. The Labute approximate surface area is 130 Å². The zero-order valence-corrected chi connectivity index (χ0v) is 13.3. The predicted molar refractivity (Wildman–Crippen MR) is 83.8 cm³/mol. The average Bonchev–Trinajstić information content (AvgIpc) is 2.52. The van der Waals surface area contributed by atoms with Crippen molar-refractivity contribution in [1.29, 1.82) is 0 Å². The minimum absolute atomic E-state index is 0.0141. The Morgan fingerprint density at radius 3 is 2.55 bits per heavy atom. The van der Waals surface area contributed by atoms with Crippen molar-refractivity contribution in [3.05, 3.63) is 29.8 Å². The molecule has 0 aliphatic rings. The van der Waals surface area contributed by atoms with Gasteiger partial charge in [-0.2, -0.15) is 0 Å². The van der Waals surface area contributed by atoms with Gasteiger partial charge in [0.1, 0.15) is 11.8 Å². The molecule has 1 aromatic rings. The molecule has 0 aliphatic carbocycles. The van der Waals surface area contributed by atoms with E-state index in [2.05, 4.69) is 10.6 Å².